The zero-order chi connectivity index (χ0) is 14.8. The summed E-state index contributed by atoms with van der Waals surface area (Å²) in [6.07, 6.45) is -5.63. The summed E-state index contributed by atoms with van der Waals surface area (Å²) in [5, 5.41) is 0. The maximum Gasteiger partial charge on any atom is 0.454 e. The van der Waals surface area contributed by atoms with E-state index in [4.69, 9.17) is 4.74 Å². The van der Waals surface area contributed by atoms with Gasteiger partial charge in [0.1, 0.15) is 5.60 Å². The summed E-state index contributed by atoms with van der Waals surface area (Å²) in [4.78, 5) is 11.8. The quantitative estimate of drug-likeness (QED) is 0.584. The number of alkyl halides is 5. The standard InChI is InChI=1S/C10H16F5NO2/c1-8(2,3)18-7(17)5-16(4)6-9(11,12)10(13,14)15/h5-6H2,1-4H3. The topological polar surface area (TPSA) is 29.5 Å². The monoisotopic (exact) mass is 277 g/mol. The van der Waals surface area contributed by atoms with Crippen LogP contribution in [0.2, 0.25) is 0 Å². The second kappa shape index (κ2) is 5.38. The molecule has 108 valence electrons. The van der Waals surface area contributed by atoms with Crippen molar-refractivity contribution < 1.29 is 31.5 Å². The Bertz CT molecular complexity index is 296. The number of likely N-dealkylation sites (N-methyl/N-ethyl adjacent to an activating group) is 1. The number of esters is 1. The normalized spacial score (nSPS) is 13.9. The van der Waals surface area contributed by atoms with Crippen LogP contribution in [0.1, 0.15) is 20.8 Å². The molecule has 0 aliphatic heterocycles. The lowest BCUT2D eigenvalue weighted by molar-refractivity contribution is -0.285. The summed E-state index contributed by atoms with van der Waals surface area (Å²) in [6, 6.07) is 0. The molecule has 0 saturated carbocycles. The van der Waals surface area contributed by atoms with E-state index in [1.54, 1.807) is 20.8 Å². The molecule has 0 bridgehead atoms. The van der Waals surface area contributed by atoms with Gasteiger partial charge in [-0.15, -0.1) is 0 Å². The smallest absolute Gasteiger partial charge is 0.454 e. The summed E-state index contributed by atoms with van der Waals surface area (Å²) >= 11 is 0. The Kier molecular flexibility index (Phi) is 5.10. The van der Waals surface area contributed by atoms with E-state index in [0.717, 1.165) is 7.05 Å². The van der Waals surface area contributed by atoms with Crippen LogP contribution in [-0.4, -0.2) is 48.7 Å². The molecule has 18 heavy (non-hydrogen) atoms. The van der Waals surface area contributed by atoms with Gasteiger partial charge in [-0.3, -0.25) is 9.69 Å². The SMILES string of the molecule is CN(CC(=O)OC(C)(C)C)CC(F)(F)C(F)(F)F. The molecular weight excluding hydrogens is 261 g/mol. The molecule has 0 radical (unpaired) electrons. The van der Waals surface area contributed by atoms with E-state index < -0.39 is 36.8 Å². The Morgan fingerprint density at radius 1 is 1.11 bits per heavy atom. The van der Waals surface area contributed by atoms with E-state index in [1.807, 2.05) is 0 Å². The predicted molar refractivity (Wildman–Crippen MR) is 54.3 cm³/mol. The molecule has 8 heteroatoms. The summed E-state index contributed by atoms with van der Waals surface area (Å²) in [7, 11) is 0.990. The van der Waals surface area contributed by atoms with E-state index in [9.17, 15) is 26.7 Å². The lowest BCUT2D eigenvalue weighted by atomic mass is 10.2. The van der Waals surface area contributed by atoms with Crippen molar-refractivity contribution in [2.45, 2.75) is 38.5 Å². The van der Waals surface area contributed by atoms with Crippen molar-refractivity contribution in [3.8, 4) is 0 Å². The van der Waals surface area contributed by atoms with Crippen molar-refractivity contribution in [2.24, 2.45) is 0 Å². The van der Waals surface area contributed by atoms with E-state index in [2.05, 4.69) is 0 Å². The van der Waals surface area contributed by atoms with Crippen LogP contribution in [0.4, 0.5) is 22.0 Å². The van der Waals surface area contributed by atoms with E-state index in [1.165, 1.54) is 0 Å². The number of ether oxygens (including phenoxy) is 1. The first-order valence-electron chi connectivity index (χ1n) is 5.09. The number of rotatable bonds is 4. The van der Waals surface area contributed by atoms with Crippen LogP contribution in [0.25, 0.3) is 0 Å². The van der Waals surface area contributed by atoms with Crippen LogP contribution in [0.5, 0.6) is 0 Å². The molecule has 0 atom stereocenters. The highest BCUT2D eigenvalue weighted by molar-refractivity contribution is 5.72. The Balaban J connectivity index is 4.36. The minimum atomic E-state index is -5.63. The number of nitrogens with zero attached hydrogens (tertiary/aromatic N) is 1. The molecule has 0 spiro atoms. The number of halogens is 5. The van der Waals surface area contributed by atoms with Gasteiger partial charge in [-0.25, -0.2) is 0 Å². The zero-order valence-corrected chi connectivity index (χ0v) is 10.6. The first-order valence-corrected chi connectivity index (χ1v) is 5.09. The molecule has 0 saturated heterocycles. The molecule has 0 aliphatic rings. The van der Waals surface area contributed by atoms with Gasteiger partial charge < -0.3 is 4.74 Å². The fraction of sp³-hybridized carbons (Fsp3) is 0.900. The minimum Gasteiger partial charge on any atom is -0.459 e. The third-order valence-corrected chi connectivity index (χ3v) is 1.70. The summed E-state index contributed by atoms with van der Waals surface area (Å²) < 4.78 is 65.8. The van der Waals surface area contributed by atoms with Gasteiger partial charge >= 0.3 is 18.1 Å². The van der Waals surface area contributed by atoms with Crippen molar-refractivity contribution in [1.82, 2.24) is 4.90 Å². The molecule has 0 amide bonds. The van der Waals surface area contributed by atoms with Gasteiger partial charge in [-0.2, -0.15) is 22.0 Å². The van der Waals surface area contributed by atoms with Gasteiger partial charge in [0, 0.05) is 0 Å². The Labute approximate surface area is 102 Å². The summed E-state index contributed by atoms with van der Waals surface area (Å²) in [6.45, 7) is 2.47. The first kappa shape index (κ1) is 17.1. The van der Waals surface area contributed by atoms with Gasteiger partial charge in [-0.1, -0.05) is 0 Å². The molecule has 0 rings (SSSR count). The van der Waals surface area contributed by atoms with Crippen LogP contribution >= 0.6 is 0 Å². The molecular formula is C10H16F5NO2. The molecule has 0 fully saturated rings. The van der Waals surface area contributed by atoms with E-state index >= 15 is 0 Å². The third-order valence-electron chi connectivity index (χ3n) is 1.70. The maximum atomic E-state index is 12.7. The van der Waals surface area contributed by atoms with Crippen LogP contribution in [0.15, 0.2) is 0 Å². The van der Waals surface area contributed by atoms with E-state index in [0.29, 0.717) is 4.90 Å². The van der Waals surface area contributed by atoms with Crippen LogP contribution in [-0.2, 0) is 9.53 Å². The highest BCUT2D eigenvalue weighted by atomic mass is 19.4. The lowest BCUT2D eigenvalue weighted by Crippen LogP contribution is -2.47. The highest BCUT2D eigenvalue weighted by Crippen LogP contribution is 2.35. The average Bonchev–Trinajstić information content (AvgIpc) is 1.94. The summed E-state index contributed by atoms with van der Waals surface area (Å²) in [5.41, 5.74) is -0.815. The molecule has 0 aromatic rings. The highest BCUT2D eigenvalue weighted by Gasteiger charge is 2.57. The van der Waals surface area contributed by atoms with Crippen LogP contribution in [0, 0.1) is 0 Å². The van der Waals surface area contributed by atoms with Gasteiger partial charge in [-0.05, 0) is 27.8 Å². The fourth-order valence-electron chi connectivity index (χ4n) is 1.08. The Hall–Kier alpha value is -0.920. The van der Waals surface area contributed by atoms with Gasteiger partial charge in [0.2, 0.25) is 0 Å². The first-order chi connectivity index (χ1) is 7.74. The number of carbonyl (C=O) groups excluding carboxylic acids is 1. The van der Waals surface area contributed by atoms with Crippen molar-refractivity contribution in [1.29, 1.82) is 0 Å². The molecule has 0 aliphatic carbocycles. The average molecular weight is 277 g/mol. The fourth-order valence-corrected chi connectivity index (χ4v) is 1.08. The summed E-state index contributed by atoms with van der Waals surface area (Å²) in [5.74, 6) is -5.72. The van der Waals surface area contributed by atoms with E-state index in [-0.39, 0.29) is 0 Å². The predicted octanol–water partition coefficient (Wildman–Crippen LogP) is 2.46. The molecule has 0 N–H and O–H groups in total. The van der Waals surface area contributed by atoms with Crippen LogP contribution < -0.4 is 0 Å². The lowest BCUT2D eigenvalue weighted by Gasteiger charge is -2.26. The van der Waals surface area contributed by atoms with Gasteiger partial charge in [0.25, 0.3) is 0 Å². The Morgan fingerprint density at radius 2 is 1.56 bits per heavy atom. The van der Waals surface area contributed by atoms with Crippen molar-refractivity contribution in [2.75, 3.05) is 20.1 Å². The Morgan fingerprint density at radius 3 is 1.89 bits per heavy atom. The maximum absolute atomic E-state index is 12.7. The largest absolute Gasteiger partial charge is 0.459 e. The molecule has 0 aromatic carbocycles. The van der Waals surface area contributed by atoms with Crippen LogP contribution in [0.3, 0.4) is 0 Å². The molecule has 0 heterocycles. The number of hydrogen-bond donors (Lipinski definition) is 0. The number of hydrogen-bond acceptors (Lipinski definition) is 3. The molecule has 0 aromatic heterocycles. The van der Waals surface area contributed by atoms with Crippen molar-refractivity contribution >= 4 is 5.97 Å². The molecule has 3 nitrogen and oxygen atoms in total. The second-order valence-corrected chi connectivity index (χ2v) is 4.96. The van der Waals surface area contributed by atoms with Gasteiger partial charge in [0.15, 0.2) is 0 Å². The van der Waals surface area contributed by atoms with Crippen molar-refractivity contribution in [3.05, 3.63) is 0 Å². The van der Waals surface area contributed by atoms with Gasteiger partial charge in [0.05, 0.1) is 13.1 Å². The number of carbonyl (C=O) groups is 1. The molecule has 0 unspecified atom stereocenters. The minimum absolute atomic E-state index is 0.571. The van der Waals surface area contributed by atoms with Crippen molar-refractivity contribution in [3.63, 3.8) is 0 Å². The zero-order valence-electron chi connectivity index (χ0n) is 10.6. The second-order valence-electron chi connectivity index (χ2n) is 4.96. The third kappa shape index (κ3) is 6.13.